The fourth-order valence-electron chi connectivity index (χ4n) is 3.95. The van der Waals surface area contributed by atoms with Crippen molar-refractivity contribution in [3.8, 4) is 0 Å². The van der Waals surface area contributed by atoms with Crippen LogP contribution in [0, 0.1) is 11.8 Å². The van der Waals surface area contributed by atoms with Gasteiger partial charge in [0.1, 0.15) is 0 Å². The SMILES string of the molecule is C[C@H]1CCCC[C@@H]1NC(=O)C1CCN(C(=O)c2ccc(Br)cc2)CC1. The number of likely N-dealkylation sites (tertiary alicyclic amines) is 1. The van der Waals surface area contributed by atoms with Gasteiger partial charge in [0.25, 0.3) is 5.91 Å². The number of carbonyl (C=O) groups excluding carboxylic acids is 2. The van der Waals surface area contributed by atoms with Crippen molar-refractivity contribution in [1.29, 1.82) is 0 Å². The number of rotatable bonds is 3. The van der Waals surface area contributed by atoms with Crippen molar-refractivity contribution in [2.45, 2.75) is 51.5 Å². The van der Waals surface area contributed by atoms with Crippen LogP contribution in [-0.4, -0.2) is 35.8 Å². The number of nitrogens with zero attached hydrogens (tertiary/aromatic N) is 1. The van der Waals surface area contributed by atoms with E-state index in [-0.39, 0.29) is 17.7 Å². The number of hydrogen-bond acceptors (Lipinski definition) is 2. The number of benzene rings is 1. The van der Waals surface area contributed by atoms with Crippen LogP contribution in [0.4, 0.5) is 0 Å². The second-order valence-corrected chi connectivity index (χ2v) is 8.37. The Hall–Kier alpha value is -1.36. The number of halogens is 1. The molecule has 0 aromatic heterocycles. The van der Waals surface area contributed by atoms with Crippen LogP contribution in [0.15, 0.2) is 28.7 Å². The molecule has 1 heterocycles. The van der Waals surface area contributed by atoms with Crippen LogP contribution in [0.25, 0.3) is 0 Å². The first kappa shape index (κ1) is 18.4. The molecule has 2 fully saturated rings. The summed E-state index contributed by atoms with van der Waals surface area (Å²) in [5.41, 5.74) is 0.710. The van der Waals surface area contributed by atoms with Crippen molar-refractivity contribution in [3.05, 3.63) is 34.3 Å². The molecule has 1 aliphatic heterocycles. The number of carbonyl (C=O) groups is 2. The fraction of sp³-hybridized carbons (Fsp3) is 0.600. The molecule has 0 radical (unpaired) electrons. The molecular formula is C20H27BrN2O2. The molecule has 1 saturated carbocycles. The Labute approximate surface area is 158 Å². The molecule has 2 aliphatic rings. The first-order chi connectivity index (χ1) is 12.0. The van der Waals surface area contributed by atoms with Crippen LogP contribution in [0.3, 0.4) is 0 Å². The highest BCUT2D eigenvalue weighted by Gasteiger charge is 2.30. The minimum atomic E-state index is 0.0445. The summed E-state index contributed by atoms with van der Waals surface area (Å²) in [6, 6.07) is 7.80. The molecule has 2 amide bonds. The summed E-state index contributed by atoms with van der Waals surface area (Å²) in [4.78, 5) is 27.0. The van der Waals surface area contributed by atoms with Crippen LogP contribution < -0.4 is 5.32 Å². The molecule has 1 aromatic rings. The van der Waals surface area contributed by atoms with E-state index in [2.05, 4.69) is 28.2 Å². The van der Waals surface area contributed by atoms with Gasteiger partial charge in [0, 0.05) is 35.1 Å². The van der Waals surface area contributed by atoms with Crippen LogP contribution in [0.2, 0.25) is 0 Å². The smallest absolute Gasteiger partial charge is 0.253 e. The average molecular weight is 407 g/mol. The van der Waals surface area contributed by atoms with Crippen molar-refractivity contribution in [3.63, 3.8) is 0 Å². The van der Waals surface area contributed by atoms with E-state index in [1.54, 1.807) is 0 Å². The Morgan fingerprint density at radius 2 is 1.68 bits per heavy atom. The normalized spacial score (nSPS) is 24.8. The minimum absolute atomic E-state index is 0.0445. The average Bonchev–Trinajstić information content (AvgIpc) is 2.64. The van der Waals surface area contributed by atoms with Gasteiger partial charge in [0.15, 0.2) is 0 Å². The summed E-state index contributed by atoms with van der Waals surface area (Å²) >= 11 is 3.39. The first-order valence-electron chi connectivity index (χ1n) is 9.40. The van der Waals surface area contributed by atoms with Crippen molar-refractivity contribution in [2.75, 3.05) is 13.1 Å². The Morgan fingerprint density at radius 1 is 1.04 bits per heavy atom. The number of hydrogen-bond donors (Lipinski definition) is 1. The zero-order chi connectivity index (χ0) is 17.8. The summed E-state index contributed by atoms with van der Waals surface area (Å²) < 4.78 is 0.969. The Balaban J connectivity index is 1.50. The maximum Gasteiger partial charge on any atom is 0.253 e. The van der Waals surface area contributed by atoms with Crippen molar-refractivity contribution < 1.29 is 9.59 Å². The topological polar surface area (TPSA) is 49.4 Å². The number of amides is 2. The van der Waals surface area contributed by atoms with E-state index in [0.29, 0.717) is 30.6 Å². The Bertz CT molecular complexity index is 609. The quantitative estimate of drug-likeness (QED) is 0.824. The molecule has 0 unspecified atom stereocenters. The van der Waals surface area contributed by atoms with Crippen molar-refractivity contribution >= 4 is 27.7 Å². The lowest BCUT2D eigenvalue weighted by Gasteiger charge is -2.34. The predicted octanol–water partition coefficient (Wildman–Crippen LogP) is 4.00. The predicted molar refractivity (Wildman–Crippen MR) is 102 cm³/mol. The minimum Gasteiger partial charge on any atom is -0.353 e. The molecule has 2 atom stereocenters. The molecule has 1 saturated heterocycles. The van der Waals surface area contributed by atoms with E-state index in [1.165, 1.54) is 19.3 Å². The largest absolute Gasteiger partial charge is 0.353 e. The Morgan fingerprint density at radius 3 is 2.32 bits per heavy atom. The van der Waals surface area contributed by atoms with Crippen molar-refractivity contribution in [2.24, 2.45) is 11.8 Å². The first-order valence-corrected chi connectivity index (χ1v) is 10.2. The van der Waals surface area contributed by atoms with Gasteiger partial charge < -0.3 is 10.2 Å². The van der Waals surface area contributed by atoms with Gasteiger partial charge in [-0.2, -0.15) is 0 Å². The summed E-state index contributed by atoms with van der Waals surface area (Å²) in [5.74, 6) is 0.876. The molecule has 25 heavy (non-hydrogen) atoms. The third-order valence-corrected chi connectivity index (χ3v) is 6.21. The highest BCUT2D eigenvalue weighted by molar-refractivity contribution is 9.10. The van der Waals surface area contributed by atoms with Crippen molar-refractivity contribution in [1.82, 2.24) is 10.2 Å². The van der Waals surface area contributed by atoms with Gasteiger partial charge >= 0.3 is 0 Å². The third kappa shape index (κ3) is 4.63. The molecule has 0 spiro atoms. The molecule has 136 valence electrons. The molecule has 5 heteroatoms. The van der Waals surface area contributed by atoms with E-state index in [0.717, 1.165) is 23.7 Å². The maximum atomic E-state index is 12.6. The van der Waals surface area contributed by atoms with E-state index < -0.39 is 0 Å². The van der Waals surface area contributed by atoms with Gasteiger partial charge in [-0.3, -0.25) is 9.59 Å². The lowest BCUT2D eigenvalue weighted by atomic mass is 9.85. The molecule has 1 aromatic carbocycles. The zero-order valence-corrected chi connectivity index (χ0v) is 16.4. The summed E-state index contributed by atoms with van der Waals surface area (Å²) in [6.07, 6.45) is 6.34. The van der Waals surface area contributed by atoms with Crippen LogP contribution in [0.1, 0.15) is 55.8 Å². The Kier molecular flexibility index (Phi) is 6.15. The highest BCUT2D eigenvalue weighted by Crippen LogP contribution is 2.25. The van der Waals surface area contributed by atoms with Crippen LogP contribution in [0.5, 0.6) is 0 Å². The van der Waals surface area contributed by atoms with Crippen LogP contribution >= 0.6 is 15.9 Å². The van der Waals surface area contributed by atoms with E-state index >= 15 is 0 Å². The highest BCUT2D eigenvalue weighted by atomic mass is 79.9. The van der Waals surface area contributed by atoms with Gasteiger partial charge in [0.05, 0.1) is 0 Å². The van der Waals surface area contributed by atoms with Gasteiger partial charge in [-0.25, -0.2) is 0 Å². The molecule has 0 bridgehead atoms. The van der Waals surface area contributed by atoms with Gasteiger partial charge in [-0.05, 0) is 55.9 Å². The maximum absolute atomic E-state index is 12.6. The van der Waals surface area contributed by atoms with E-state index in [4.69, 9.17) is 0 Å². The molecule has 1 N–H and O–H groups in total. The second-order valence-electron chi connectivity index (χ2n) is 7.45. The number of piperidine rings is 1. The van der Waals surface area contributed by atoms with E-state index in [1.807, 2.05) is 29.2 Å². The standard InChI is InChI=1S/C20H27BrN2O2/c1-14-4-2-3-5-18(14)22-19(24)15-10-12-23(13-11-15)20(25)16-6-8-17(21)9-7-16/h6-9,14-15,18H,2-5,10-13H2,1H3,(H,22,24)/t14-,18-/m0/s1. The third-order valence-electron chi connectivity index (χ3n) is 5.68. The van der Waals surface area contributed by atoms with Gasteiger partial charge in [-0.15, -0.1) is 0 Å². The monoisotopic (exact) mass is 406 g/mol. The number of nitrogens with one attached hydrogen (secondary N) is 1. The molecule has 3 rings (SSSR count). The van der Waals surface area contributed by atoms with E-state index in [9.17, 15) is 9.59 Å². The summed E-state index contributed by atoms with van der Waals surface area (Å²) in [5, 5.41) is 3.27. The zero-order valence-electron chi connectivity index (χ0n) is 14.8. The van der Waals surface area contributed by atoms with Crippen LogP contribution in [-0.2, 0) is 4.79 Å². The fourth-order valence-corrected chi connectivity index (χ4v) is 4.22. The molecule has 1 aliphatic carbocycles. The van der Waals surface area contributed by atoms with Gasteiger partial charge in [-0.1, -0.05) is 35.7 Å². The van der Waals surface area contributed by atoms with Gasteiger partial charge in [0.2, 0.25) is 5.91 Å². The summed E-state index contributed by atoms with van der Waals surface area (Å²) in [7, 11) is 0. The lowest BCUT2D eigenvalue weighted by Crippen LogP contribution is -2.47. The molecular weight excluding hydrogens is 380 g/mol. The lowest BCUT2D eigenvalue weighted by molar-refractivity contribution is -0.127. The molecule has 4 nitrogen and oxygen atoms in total. The second kappa shape index (κ2) is 8.35. The summed E-state index contributed by atoms with van der Waals surface area (Å²) in [6.45, 7) is 3.56.